The van der Waals surface area contributed by atoms with Crippen LogP contribution >= 0.6 is 34.3 Å². The Morgan fingerprint density at radius 3 is 2.89 bits per heavy atom. The zero-order valence-corrected chi connectivity index (χ0v) is 16.0. The molecule has 132 valence electrons. The molecule has 0 spiro atoms. The van der Waals surface area contributed by atoms with Gasteiger partial charge in [0.05, 0.1) is 22.1 Å². The molecule has 5 aromatic rings. The molecule has 0 amide bonds. The molecule has 4 heterocycles. The third-order valence-electron chi connectivity index (χ3n) is 3.80. The highest BCUT2D eigenvalue weighted by molar-refractivity contribution is 7.23. The normalized spacial score (nSPS) is 11.1. The van der Waals surface area contributed by atoms with Gasteiger partial charge in [-0.25, -0.2) is 14.6 Å². The van der Waals surface area contributed by atoms with E-state index in [0.717, 1.165) is 21.0 Å². The highest BCUT2D eigenvalue weighted by Crippen LogP contribution is 2.32. The minimum atomic E-state index is 0.627. The molecular weight excluding hydrogens is 402 g/mol. The zero-order chi connectivity index (χ0) is 18.2. The number of nitrogens with one attached hydrogen (secondary N) is 1. The van der Waals surface area contributed by atoms with E-state index < -0.39 is 0 Å². The topological polar surface area (TPSA) is 81.4 Å². The first-order valence-corrected chi connectivity index (χ1v) is 9.94. The van der Waals surface area contributed by atoms with E-state index in [0.29, 0.717) is 21.6 Å². The lowest BCUT2D eigenvalue weighted by molar-refractivity contribution is 0.895. The average molecular weight is 412 g/mol. The molecule has 1 N–H and O–H groups in total. The van der Waals surface area contributed by atoms with Gasteiger partial charge in [-0.3, -0.25) is 0 Å². The van der Waals surface area contributed by atoms with E-state index in [2.05, 4.69) is 30.6 Å². The molecule has 0 atom stereocenters. The summed E-state index contributed by atoms with van der Waals surface area (Å²) in [6.07, 6.45) is 3.22. The van der Waals surface area contributed by atoms with Crippen molar-refractivity contribution in [3.05, 3.63) is 59.3 Å². The maximum absolute atomic E-state index is 6.10. The van der Waals surface area contributed by atoms with Gasteiger partial charge in [-0.1, -0.05) is 35.1 Å². The van der Waals surface area contributed by atoms with E-state index in [9.17, 15) is 0 Å². The monoisotopic (exact) mass is 411 g/mol. The second-order valence-electron chi connectivity index (χ2n) is 5.51. The van der Waals surface area contributed by atoms with Crippen LogP contribution in [0.3, 0.4) is 0 Å². The molecule has 0 aliphatic carbocycles. The minimum absolute atomic E-state index is 0.627. The van der Waals surface area contributed by atoms with Crippen LogP contribution in [0.15, 0.2) is 54.3 Å². The van der Waals surface area contributed by atoms with Crippen LogP contribution in [0, 0.1) is 0 Å². The van der Waals surface area contributed by atoms with Crippen molar-refractivity contribution in [3.63, 3.8) is 0 Å². The predicted molar refractivity (Wildman–Crippen MR) is 108 cm³/mol. The van der Waals surface area contributed by atoms with Crippen LogP contribution in [0.5, 0.6) is 0 Å². The molecule has 0 aliphatic heterocycles. The average Bonchev–Trinajstić information content (AvgIpc) is 3.42. The first-order valence-electron chi connectivity index (χ1n) is 7.87. The van der Waals surface area contributed by atoms with E-state index >= 15 is 0 Å². The van der Waals surface area contributed by atoms with Crippen LogP contribution in [0.2, 0.25) is 5.02 Å². The molecule has 5 rings (SSSR count). The summed E-state index contributed by atoms with van der Waals surface area (Å²) in [6.45, 7) is 0. The van der Waals surface area contributed by atoms with Gasteiger partial charge in [0.15, 0.2) is 10.7 Å². The van der Waals surface area contributed by atoms with E-state index in [1.165, 1.54) is 17.7 Å². The fourth-order valence-electron chi connectivity index (χ4n) is 2.62. The Bertz CT molecular complexity index is 1230. The second-order valence-corrected chi connectivity index (χ2v) is 7.87. The van der Waals surface area contributed by atoms with Gasteiger partial charge in [0, 0.05) is 5.02 Å². The van der Waals surface area contributed by atoms with Crippen molar-refractivity contribution in [2.75, 3.05) is 5.32 Å². The van der Waals surface area contributed by atoms with Crippen molar-refractivity contribution in [2.24, 2.45) is 0 Å². The van der Waals surface area contributed by atoms with Gasteiger partial charge in [0.2, 0.25) is 5.13 Å². The van der Waals surface area contributed by atoms with Crippen LogP contribution in [0.4, 0.5) is 10.9 Å². The van der Waals surface area contributed by atoms with Crippen molar-refractivity contribution in [3.8, 4) is 15.6 Å². The molecule has 0 saturated carbocycles. The highest BCUT2D eigenvalue weighted by Gasteiger charge is 2.14. The summed E-state index contributed by atoms with van der Waals surface area (Å²) in [5.41, 5.74) is 1.51. The highest BCUT2D eigenvalue weighted by atomic mass is 35.5. The zero-order valence-electron chi connectivity index (χ0n) is 13.6. The Balaban J connectivity index is 1.51. The lowest BCUT2D eigenvalue weighted by atomic mass is 10.3. The number of thiophene rings is 1. The van der Waals surface area contributed by atoms with Crippen LogP contribution in [-0.4, -0.2) is 29.9 Å². The molecule has 0 unspecified atom stereocenters. The smallest absolute Gasteiger partial charge is 0.211 e. The number of aromatic nitrogens is 6. The number of rotatable bonds is 4. The summed E-state index contributed by atoms with van der Waals surface area (Å²) in [6, 6.07) is 11.5. The van der Waals surface area contributed by atoms with Gasteiger partial charge in [-0.2, -0.15) is 5.10 Å². The number of hydrogen-bond donors (Lipinski definition) is 1. The fraction of sp³-hybridized carbons (Fsp3) is 0. The van der Waals surface area contributed by atoms with Gasteiger partial charge >= 0.3 is 0 Å². The van der Waals surface area contributed by atoms with Crippen molar-refractivity contribution >= 4 is 56.3 Å². The molecule has 0 aliphatic rings. The maximum atomic E-state index is 6.10. The predicted octanol–water partition coefficient (Wildman–Crippen LogP) is 4.79. The molecule has 0 saturated heterocycles. The number of nitrogens with zero attached hydrogens (tertiary/aromatic N) is 6. The largest absolute Gasteiger partial charge is 0.314 e. The van der Waals surface area contributed by atoms with Gasteiger partial charge < -0.3 is 5.32 Å². The number of halogens is 1. The van der Waals surface area contributed by atoms with Crippen LogP contribution in [-0.2, 0) is 0 Å². The molecule has 10 heteroatoms. The van der Waals surface area contributed by atoms with E-state index in [4.69, 9.17) is 11.6 Å². The van der Waals surface area contributed by atoms with Gasteiger partial charge in [-0.05, 0) is 29.6 Å². The Labute approximate surface area is 166 Å². The fourth-order valence-corrected chi connectivity index (χ4v) is 4.33. The summed E-state index contributed by atoms with van der Waals surface area (Å²) < 4.78 is 1.73. The quantitative estimate of drug-likeness (QED) is 0.457. The van der Waals surface area contributed by atoms with E-state index in [1.54, 1.807) is 22.2 Å². The second kappa shape index (κ2) is 6.69. The van der Waals surface area contributed by atoms with Crippen molar-refractivity contribution in [2.45, 2.75) is 0 Å². The summed E-state index contributed by atoms with van der Waals surface area (Å²) >= 11 is 9.20. The van der Waals surface area contributed by atoms with Crippen molar-refractivity contribution < 1.29 is 0 Å². The van der Waals surface area contributed by atoms with Gasteiger partial charge in [-0.15, -0.1) is 21.5 Å². The standard InChI is InChI=1S/C17H10ClN7S2/c18-10-3-1-4-11(7-10)25-15-12(8-21-25)14(19-9-20-15)22-17-24-23-16(27-17)13-5-2-6-26-13/h1-9H,(H,19,20,22,24). The maximum Gasteiger partial charge on any atom is 0.211 e. The van der Waals surface area contributed by atoms with Crippen LogP contribution < -0.4 is 5.32 Å². The molecule has 0 fully saturated rings. The SMILES string of the molecule is Clc1cccc(-n2ncc3c(Nc4nnc(-c5cccs5)s4)ncnc32)c1. The van der Waals surface area contributed by atoms with Crippen LogP contribution in [0.1, 0.15) is 0 Å². The van der Waals surface area contributed by atoms with Gasteiger partial charge in [0.25, 0.3) is 0 Å². The number of fused-ring (bicyclic) bond motifs is 1. The van der Waals surface area contributed by atoms with Crippen molar-refractivity contribution in [1.29, 1.82) is 0 Å². The van der Waals surface area contributed by atoms with E-state index in [-0.39, 0.29) is 0 Å². The molecular formula is C17H10ClN7S2. The summed E-state index contributed by atoms with van der Waals surface area (Å²) in [7, 11) is 0. The summed E-state index contributed by atoms with van der Waals surface area (Å²) in [5, 5.41) is 21.1. The van der Waals surface area contributed by atoms with Crippen molar-refractivity contribution in [1.82, 2.24) is 29.9 Å². The first-order chi connectivity index (χ1) is 13.3. The Morgan fingerprint density at radius 2 is 2.04 bits per heavy atom. The summed E-state index contributed by atoms with van der Waals surface area (Å²) in [4.78, 5) is 9.79. The van der Waals surface area contributed by atoms with Gasteiger partial charge in [0.1, 0.15) is 12.1 Å². The summed E-state index contributed by atoms with van der Waals surface area (Å²) in [5.74, 6) is 0.627. The number of hydrogen-bond acceptors (Lipinski definition) is 8. The lowest BCUT2D eigenvalue weighted by Crippen LogP contribution is -1.99. The lowest BCUT2D eigenvalue weighted by Gasteiger charge is -2.04. The number of anilines is 2. The third-order valence-corrected chi connectivity index (χ3v) is 5.91. The van der Waals surface area contributed by atoms with Crippen LogP contribution in [0.25, 0.3) is 26.6 Å². The molecule has 27 heavy (non-hydrogen) atoms. The van der Waals surface area contributed by atoms with E-state index in [1.807, 2.05) is 41.8 Å². The molecule has 0 radical (unpaired) electrons. The Morgan fingerprint density at radius 1 is 1.07 bits per heavy atom. The number of benzene rings is 1. The molecule has 1 aromatic carbocycles. The Kier molecular flexibility index (Phi) is 4.04. The minimum Gasteiger partial charge on any atom is -0.314 e. The molecule has 4 aromatic heterocycles. The first kappa shape index (κ1) is 16.3. The molecule has 0 bridgehead atoms. The molecule has 7 nitrogen and oxygen atoms in total. The Hall–Kier alpha value is -2.88. The third kappa shape index (κ3) is 3.05.